The van der Waals surface area contributed by atoms with Crippen LogP contribution >= 0.6 is 23.2 Å². The minimum Gasteiger partial charge on any atom is -0.352 e. The van der Waals surface area contributed by atoms with Crippen LogP contribution in [0.2, 0.25) is 10.0 Å². The first-order valence-corrected chi connectivity index (χ1v) is 13.9. The average Bonchev–Trinajstić information content (AvgIpc) is 3.39. The van der Waals surface area contributed by atoms with Crippen LogP contribution in [0.15, 0.2) is 97.1 Å². The van der Waals surface area contributed by atoms with Gasteiger partial charge in [-0.15, -0.1) is 0 Å². The van der Waals surface area contributed by atoms with E-state index in [0.717, 1.165) is 16.8 Å². The number of hydrogen-bond acceptors (Lipinski definition) is 4. The molecule has 4 nitrogen and oxygen atoms in total. The molecule has 0 aromatic heterocycles. The van der Waals surface area contributed by atoms with Crippen molar-refractivity contribution < 1.29 is 14.4 Å². The van der Waals surface area contributed by atoms with E-state index >= 15 is 0 Å². The zero-order valence-corrected chi connectivity index (χ0v) is 23.0. The second-order valence-corrected chi connectivity index (χ2v) is 11.5. The van der Waals surface area contributed by atoms with Crippen molar-refractivity contribution in [1.82, 2.24) is 0 Å². The van der Waals surface area contributed by atoms with E-state index < -0.39 is 23.4 Å². The third-order valence-corrected chi connectivity index (χ3v) is 9.15. The number of ketones is 3. The van der Waals surface area contributed by atoms with Gasteiger partial charge in [-0.25, -0.2) is 0 Å². The number of aryl methyl sites for hydroxylation is 1. The second-order valence-electron chi connectivity index (χ2n) is 10.7. The fraction of sp³-hybridized carbons (Fsp3) is 0.147. The summed E-state index contributed by atoms with van der Waals surface area (Å²) >= 11 is 13.2. The fourth-order valence-electron chi connectivity index (χ4n) is 6.94. The monoisotopic (exact) mass is 563 g/mol. The number of anilines is 1. The number of hydrogen-bond donors (Lipinski definition) is 0. The Morgan fingerprint density at radius 3 is 2.17 bits per heavy atom. The Labute approximate surface area is 241 Å². The van der Waals surface area contributed by atoms with Gasteiger partial charge >= 0.3 is 0 Å². The zero-order valence-electron chi connectivity index (χ0n) is 21.5. The summed E-state index contributed by atoms with van der Waals surface area (Å²) in [6.07, 6.45) is 3.87. The molecule has 0 bridgehead atoms. The van der Waals surface area contributed by atoms with Crippen LogP contribution < -0.4 is 4.90 Å². The molecule has 4 aromatic rings. The van der Waals surface area contributed by atoms with E-state index in [-0.39, 0.29) is 17.3 Å². The highest BCUT2D eigenvalue weighted by molar-refractivity contribution is 6.36. The summed E-state index contributed by atoms with van der Waals surface area (Å²) in [5, 5.41) is 0.741. The Kier molecular flexibility index (Phi) is 5.64. The van der Waals surface area contributed by atoms with Gasteiger partial charge in [0.25, 0.3) is 0 Å². The molecule has 4 aromatic carbocycles. The van der Waals surface area contributed by atoms with Crippen molar-refractivity contribution in [2.75, 3.05) is 4.90 Å². The van der Waals surface area contributed by atoms with Crippen molar-refractivity contribution in [3.63, 3.8) is 0 Å². The number of nitrogens with zero attached hydrogens (tertiary/aromatic N) is 1. The minimum absolute atomic E-state index is 0.183. The number of halogens is 2. The topological polar surface area (TPSA) is 54.5 Å². The Morgan fingerprint density at radius 2 is 1.50 bits per heavy atom. The normalized spacial score (nSPS) is 21.9. The Morgan fingerprint density at radius 1 is 0.825 bits per heavy atom. The fourth-order valence-corrected chi connectivity index (χ4v) is 7.47. The molecule has 0 N–H and O–H groups in total. The quantitative estimate of drug-likeness (QED) is 0.190. The highest BCUT2D eigenvalue weighted by Gasteiger charge is 2.71. The van der Waals surface area contributed by atoms with Gasteiger partial charge in [-0.2, -0.15) is 0 Å². The summed E-state index contributed by atoms with van der Waals surface area (Å²) < 4.78 is 0. The van der Waals surface area contributed by atoms with Gasteiger partial charge in [0.05, 0.1) is 6.04 Å². The number of carbonyl (C=O) groups is 3. The molecular formula is C34H23Cl2NO3. The molecule has 0 unspecified atom stereocenters. The van der Waals surface area contributed by atoms with Crippen molar-refractivity contribution in [3.8, 4) is 0 Å². The van der Waals surface area contributed by atoms with Gasteiger partial charge in [-0.05, 0) is 41.8 Å². The van der Waals surface area contributed by atoms with Crippen LogP contribution in [0, 0.1) is 12.3 Å². The van der Waals surface area contributed by atoms with Gasteiger partial charge in [0.15, 0.2) is 17.3 Å². The summed E-state index contributed by atoms with van der Waals surface area (Å²) in [5.74, 6) is -1.64. The Hall–Kier alpha value is -3.99. The molecule has 3 atom stereocenters. The molecule has 2 heterocycles. The first-order chi connectivity index (χ1) is 19.3. The third-order valence-electron chi connectivity index (χ3n) is 8.59. The summed E-state index contributed by atoms with van der Waals surface area (Å²) in [6.45, 7) is 1.99. The van der Waals surface area contributed by atoms with E-state index in [1.807, 2.05) is 60.4 Å². The number of carbonyl (C=O) groups excluding carboxylic acids is 3. The first kappa shape index (κ1) is 25.0. The largest absolute Gasteiger partial charge is 0.352 e. The number of benzene rings is 4. The molecule has 0 amide bonds. The van der Waals surface area contributed by atoms with Crippen molar-refractivity contribution in [1.29, 1.82) is 0 Å². The molecule has 1 fully saturated rings. The summed E-state index contributed by atoms with van der Waals surface area (Å²) in [4.78, 5) is 46.0. The van der Waals surface area contributed by atoms with E-state index in [2.05, 4.69) is 0 Å². The van der Waals surface area contributed by atoms with Crippen LogP contribution in [0.5, 0.6) is 0 Å². The van der Waals surface area contributed by atoms with Gasteiger partial charge in [0.2, 0.25) is 0 Å². The molecule has 3 aliphatic rings. The molecule has 0 saturated carbocycles. The molecule has 1 aliphatic carbocycles. The van der Waals surface area contributed by atoms with Crippen molar-refractivity contribution >= 4 is 52.3 Å². The summed E-state index contributed by atoms with van der Waals surface area (Å²) in [6, 6.07) is 25.5. The second kappa shape index (κ2) is 9.02. The first-order valence-electron chi connectivity index (χ1n) is 13.1. The van der Waals surface area contributed by atoms with Crippen LogP contribution in [0.3, 0.4) is 0 Å². The summed E-state index contributed by atoms with van der Waals surface area (Å²) in [5.41, 5.74) is 2.93. The lowest BCUT2D eigenvalue weighted by molar-refractivity contribution is 0.0666. The highest BCUT2D eigenvalue weighted by Crippen LogP contribution is 2.61. The van der Waals surface area contributed by atoms with Gasteiger partial charge in [0.1, 0.15) is 11.5 Å². The maximum Gasteiger partial charge on any atom is 0.185 e. The standard InChI is InChI=1S/C34H23Cl2NO3/c1-19-11-12-20-13-16-28-34(32(39)23-9-5-6-10-24(23)33(34)40)29(25-15-14-22(35)18-26(25)36)30(37(28)27(20)17-19)31(38)21-7-3-2-4-8-21/h2-18,28-30H,1H3/t28-,29-,30-/m1/s1. The van der Waals surface area contributed by atoms with Crippen LogP contribution in [-0.4, -0.2) is 29.4 Å². The third kappa shape index (κ3) is 3.30. The lowest BCUT2D eigenvalue weighted by atomic mass is 9.64. The van der Waals surface area contributed by atoms with Crippen molar-refractivity contribution in [3.05, 3.63) is 140 Å². The van der Waals surface area contributed by atoms with Gasteiger partial charge in [0, 0.05) is 38.3 Å². The Balaban J connectivity index is 1.58. The van der Waals surface area contributed by atoms with E-state index in [9.17, 15) is 14.4 Å². The van der Waals surface area contributed by atoms with Gasteiger partial charge < -0.3 is 4.90 Å². The molecule has 1 spiro atoms. The van der Waals surface area contributed by atoms with Gasteiger partial charge in [-0.1, -0.05) is 108 Å². The molecule has 0 radical (unpaired) electrons. The SMILES string of the molecule is Cc1ccc2c(c1)N1[C@@H](C(=O)c3ccccc3)[C@@H](c3ccc(Cl)cc3Cl)C3(C(=O)c4ccccc4C3=O)[C@H]1C=C2. The van der Waals surface area contributed by atoms with Crippen molar-refractivity contribution in [2.24, 2.45) is 5.41 Å². The Bertz CT molecular complexity index is 1740. The smallest absolute Gasteiger partial charge is 0.185 e. The molecule has 40 heavy (non-hydrogen) atoms. The van der Waals surface area contributed by atoms with E-state index in [1.165, 1.54) is 0 Å². The molecule has 1 saturated heterocycles. The number of fused-ring (bicyclic) bond motifs is 5. The molecule has 196 valence electrons. The number of Topliss-reactive ketones (excluding diaryl/α,β-unsaturated/α-hetero) is 3. The molecule has 2 aliphatic heterocycles. The van der Waals surface area contributed by atoms with E-state index in [1.54, 1.807) is 54.6 Å². The van der Waals surface area contributed by atoms with Gasteiger partial charge in [-0.3, -0.25) is 14.4 Å². The molecule has 6 heteroatoms. The zero-order chi connectivity index (χ0) is 27.8. The molecular weight excluding hydrogens is 541 g/mol. The maximum absolute atomic E-state index is 14.7. The number of rotatable bonds is 3. The minimum atomic E-state index is -1.60. The van der Waals surface area contributed by atoms with Crippen LogP contribution in [0.1, 0.15) is 53.7 Å². The predicted octanol–water partition coefficient (Wildman–Crippen LogP) is 7.62. The average molecular weight is 564 g/mol. The maximum atomic E-state index is 14.7. The van der Waals surface area contributed by atoms with E-state index in [0.29, 0.717) is 32.3 Å². The van der Waals surface area contributed by atoms with Crippen LogP contribution in [-0.2, 0) is 0 Å². The van der Waals surface area contributed by atoms with Crippen LogP contribution in [0.25, 0.3) is 6.08 Å². The summed E-state index contributed by atoms with van der Waals surface area (Å²) in [7, 11) is 0. The lowest BCUT2D eigenvalue weighted by Gasteiger charge is -2.37. The van der Waals surface area contributed by atoms with E-state index in [4.69, 9.17) is 23.2 Å². The van der Waals surface area contributed by atoms with Crippen molar-refractivity contribution in [2.45, 2.75) is 24.9 Å². The molecule has 7 rings (SSSR count). The highest BCUT2D eigenvalue weighted by atomic mass is 35.5. The predicted molar refractivity (Wildman–Crippen MR) is 158 cm³/mol. The van der Waals surface area contributed by atoms with Crippen LogP contribution in [0.4, 0.5) is 5.69 Å². The lowest BCUT2D eigenvalue weighted by Crippen LogP contribution is -2.48.